The number of carbonyl (C=O) groups excluding carboxylic acids is 1. The van der Waals surface area contributed by atoms with Crippen molar-refractivity contribution < 1.29 is 9.53 Å². The monoisotopic (exact) mass is 266 g/mol. The average molecular weight is 266 g/mol. The van der Waals surface area contributed by atoms with Gasteiger partial charge in [-0.1, -0.05) is 0 Å². The maximum Gasteiger partial charge on any atom is 0.246 e. The lowest BCUT2D eigenvalue weighted by molar-refractivity contribution is -0.128. The number of rotatable bonds is 6. The maximum atomic E-state index is 11.7. The Hall–Kier alpha value is -1.40. The highest BCUT2D eigenvalue weighted by atomic mass is 16.5. The SMILES string of the molecule is CC(Cn1ccnc1)NC(=O)COC1CCNCC1. The summed E-state index contributed by atoms with van der Waals surface area (Å²) in [7, 11) is 0. The minimum Gasteiger partial charge on any atom is -0.368 e. The number of hydrogen-bond acceptors (Lipinski definition) is 4. The van der Waals surface area contributed by atoms with Gasteiger partial charge < -0.3 is 19.9 Å². The molecule has 0 saturated carbocycles. The second kappa shape index (κ2) is 7.25. The van der Waals surface area contributed by atoms with Crippen molar-refractivity contribution in [3.8, 4) is 0 Å². The second-order valence-corrected chi connectivity index (χ2v) is 4.99. The number of amides is 1. The van der Waals surface area contributed by atoms with Gasteiger partial charge in [0.05, 0.1) is 12.4 Å². The Balaban J connectivity index is 1.63. The van der Waals surface area contributed by atoms with Crippen LogP contribution < -0.4 is 10.6 Å². The zero-order valence-corrected chi connectivity index (χ0v) is 11.3. The first kappa shape index (κ1) is 14.0. The molecular weight excluding hydrogens is 244 g/mol. The van der Waals surface area contributed by atoms with Gasteiger partial charge in [-0.15, -0.1) is 0 Å². The number of nitrogens with zero attached hydrogens (tertiary/aromatic N) is 2. The summed E-state index contributed by atoms with van der Waals surface area (Å²) in [6.45, 7) is 4.80. The van der Waals surface area contributed by atoms with Crippen molar-refractivity contribution >= 4 is 5.91 Å². The van der Waals surface area contributed by atoms with Crippen LogP contribution in [-0.2, 0) is 16.1 Å². The molecule has 6 nitrogen and oxygen atoms in total. The van der Waals surface area contributed by atoms with Crippen LogP contribution in [0.4, 0.5) is 0 Å². The van der Waals surface area contributed by atoms with Gasteiger partial charge in [-0.05, 0) is 32.9 Å². The predicted octanol–water partition coefficient (Wildman–Crippen LogP) is 0.156. The lowest BCUT2D eigenvalue weighted by atomic mass is 10.1. The van der Waals surface area contributed by atoms with E-state index >= 15 is 0 Å². The van der Waals surface area contributed by atoms with E-state index in [1.165, 1.54) is 0 Å². The Labute approximate surface area is 113 Å². The van der Waals surface area contributed by atoms with Crippen molar-refractivity contribution in [2.24, 2.45) is 0 Å². The Morgan fingerprint density at radius 1 is 1.58 bits per heavy atom. The molecule has 0 aliphatic carbocycles. The molecular formula is C13H22N4O2. The number of ether oxygens (including phenoxy) is 1. The summed E-state index contributed by atoms with van der Waals surface area (Å²) in [5.41, 5.74) is 0. The minimum atomic E-state index is -0.0499. The fourth-order valence-electron chi connectivity index (χ4n) is 2.23. The van der Waals surface area contributed by atoms with Crippen molar-refractivity contribution in [1.29, 1.82) is 0 Å². The third-order valence-corrected chi connectivity index (χ3v) is 3.19. The summed E-state index contributed by atoms with van der Waals surface area (Å²) in [4.78, 5) is 15.7. The van der Waals surface area contributed by atoms with Crippen molar-refractivity contribution in [3.63, 3.8) is 0 Å². The Morgan fingerprint density at radius 3 is 3.05 bits per heavy atom. The Bertz CT molecular complexity index is 374. The smallest absolute Gasteiger partial charge is 0.246 e. The highest BCUT2D eigenvalue weighted by Gasteiger charge is 2.15. The molecule has 0 spiro atoms. The van der Waals surface area contributed by atoms with Crippen LogP contribution in [0.5, 0.6) is 0 Å². The van der Waals surface area contributed by atoms with Crippen LogP contribution in [0.3, 0.4) is 0 Å². The van der Waals surface area contributed by atoms with Gasteiger partial charge in [0.1, 0.15) is 6.61 Å². The molecule has 1 amide bonds. The second-order valence-electron chi connectivity index (χ2n) is 4.99. The van der Waals surface area contributed by atoms with E-state index in [2.05, 4.69) is 15.6 Å². The third-order valence-electron chi connectivity index (χ3n) is 3.19. The molecule has 2 heterocycles. The standard InChI is InChI=1S/C13H22N4O2/c1-11(8-17-7-6-15-10-17)16-13(18)9-19-12-2-4-14-5-3-12/h6-7,10-12,14H,2-5,8-9H2,1H3,(H,16,18). The van der Waals surface area contributed by atoms with E-state index in [9.17, 15) is 4.79 Å². The molecule has 106 valence electrons. The van der Waals surface area contributed by atoms with Crippen LogP contribution in [0.1, 0.15) is 19.8 Å². The van der Waals surface area contributed by atoms with E-state index in [1.807, 2.05) is 17.7 Å². The predicted molar refractivity (Wildman–Crippen MR) is 71.7 cm³/mol. The summed E-state index contributed by atoms with van der Waals surface area (Å²) in [5.74, 6) is -0.0499. The van der Waals surface area contributed by atoms with Gasteiger partial charge in [-0.2, -0.15) is 0 Å². The third kappa shape index (κ3) is 5.00. The molecule has 1 saturated heterocycles. The molecule has 0 radical (unpaired) electrons. The van der Waals surface area contributed by atoms with Gasteiger partial charge in [-0.3, -0.25) is 4.79 Å². The number of hydrogen-bond donors (Lipinski definition) is 2. The molecule has 1 aromatic heterocycles. The minimum absolute atomic E-state index is 0.0499. The van der Waals surface area contributed by atoms with Gasteiger partial charge in [0.2, 0.25) is 5.91 Å². The van der Waals surface area contributed by atoms with E-state index in [1.54, 1.807) is 12.5 Å². The first-order valence-corrected chi connectivity index (χ1v) is 6.81. The Kier molecular flexibility index (Phi) is 5.35. The zero-order valence-electron chi connectivity index (χ0n) is 11.3. The molecule has 6 heteroatoms. The molecule has 1 aliphatic rings. The van der Waals surface area contributed by atoms with E-state index in [0.29, 0.717) is 0 Å². The van der Waals surface area contributed by atoms with Gasteiger partial charge in [0.25, 0.3) is 0 Å². The maximum absolute atomic E-state index is 11.7. The summed E-state index contributed by atoms with van der Waals surface area (Å²) in [5, 5.41) is 6.20. The average Bonchev–Trinajstić information content (AvgIpc) is 2.90. The molecule has 2 rings (SSSR count). The van der Waals surface area contributed by atoms with Crippen LogP contribution in [0, 0.1) is 0 Å². The molecule has 1 aromatic rings. The number of piperidine rings is 1. The highest BCUT2D eigenvalue weighted by molar-refractivity contribution is 5.77. The van der Waals surface area contributed by atoms with E-state index in [0.717, 1.165) is 32.5 Å². The fourth-order valence-corrected chi connectivity index (χ4v) is 2.23. The quantitative estimate of drug-likeness (QED) is 0.769. The van der Waals surface area contributed by atoms with Crippen LogP contribution in [0.15, 0.2) is 18.7 Å². The summed E-state index contributed by atoms with van der Waals surface area (Å²) >= 11 is 0. The van der Waals surface area contributed by atoms with Gasteiger partial charge in [0.15, 0.2) is 0 Å². The van der Waals surface area contributed by atoms with Gasteiger partial charge in [0, 0.05) is 25.0 Å². The molecule has 0 bridgehead atoms. The molecule has 19 heavy (non-hydrogen) atoms. The van der Waals surface area contributed by atoms with Crippen LogP contribution >= 0.6 is 0 Å². The largest absolute Gasteiger partial charge is 0.368 e. The molecule has 0 aromatic carbocycles. The van der Waals surface area contributed by atoms with Crippen LogP contribution in [0.2, 0.25) is 0 Å². The van der Waals surface area contributed by atoms with Crippen LogP contribution in [-0.4, -0.2) is 47.3 Å². The number of aromatic nitrogens is 2. The van der Waals surface area contributed by atoms with Crippen molar-refractivity contribution in [3.05, 3.63) is 18.7 Å². The van der Waals surface area contributed by atoms with Crippen molar-refractivity contribution in [2.45, 2.75) is 38.5 Å². The van der Waals surface area contributed by atoms with E-state index in [4.69, 9.17) is 4.74 Å². The first-order valence-electron chi connectivity index (χ1n) is 6.81. The van der Waals surface area contributed by atoms with E-state index in [-0.39, 0.29) is 24.7 Å². The topological polar surface area (TPSA) is 68.2 Å². The van der Waals surface area contributed by atoms with Crippen molar-refractivity contribution in [1.82, 2.24) is 20.2 Å². The molecule has 1 atom stereocenters. The normalized spacial score (nSPS) is 18.2. The number of nitrogens with one attached hydrogen (secondary N) is 2. The number of imidazole rings is 1. The first-order chi connectivity index (χ1) is 9.24. The van der Waals surface area contributed by atoms with Crippen molar-refractivity contribution in [2.75, 3.05) is 19.7 Å². The highest BCUT2D eigenvalue weighted by Crippen LogP contribution is 2.06. The summed E-state index contributed by atoms with van der Waals surface area (Å²) in [6, 6.07) is 0.0679. The number of carbonyl (C=O) groups is 1. The van der Waals surface area contributed by atoms with Crippen LogP contribution in [0.25, 0.3) is 0 Å². The summed E-state index contributed by atoms with van der Waals surface area (Å²) < 4.78 is 7.55. The summed E-state index contributed by atoms with van der Waals surface area (Å²) in [6.07, 6.45) is 7.54. The lowest BCUT2D eigenvalue weighted by Gasteiger charge is -2.23. The molecule has 2 N–H and O–H groups in total. The Morgan fingerprint density at radius 2 is 2.37 bits per heavy atom. The lowest BCUT2D eigenvalue weighted by Crippen LogP contribution is -2.40. The zero-order chi connectivity index (χ0) is 13.5. The van der Waals surface area contributed by atoms with Gasteiger partial charge in [-0.25, -0.2) is 4.98 Å². The van der Waals surface area contributed by atoms with E-state index < -0.39 is 0 Å². The fraction of sp³-hybridized carbons (Fsp3) is 0.692. The molecule has 1 aliphatic heterocycles. The molecule has 1 fully saturated rings. The molecule has 1 unspecified atom stereocenters. The van der Waals surface area contributed by atoms with Gasteiger partial charge >= 0.3 is 0 Å².